The van der Waals surface area contributed by atoms with Crippen molar-refractivity contribution in [1.29, 1.82) is 0 Å². The second kappa shape index (κ2) is 12.8. The number of ether oxygens (including phenoxy) is 1. The first kappa shape index (κ1) is 30.1. The molecule has 39 heavy (non-hydrogen) atoms. The molecule has 0 aromatic carbocycles. The topological polar surface area (TPSA) is 91.3 Å². The van der Waals surface area contributed by atoms with Crippen LogP contribution in [0.2, 0.25) is 10.0 Å². The Kier molecular flexibility index (Phi) is 9.86. The number of alkyl halides is 3. The molecule has 216 valence electrons. The van der Waals surface area contributed by atoms with Crippen LogP contribution in [0.5, 0.6) is 0 Å². The average molecular weight is 591 g/mol. The van der Waals surface area contributed by atoms with E-state index in [1.165, 1.54) is 0 Å². The molecule has 4 N–H and O–H groups in total. The number of aromatic nitrogens is 2. The number of nitrogens with one attached hydrogen (secondary N) is 3. The normalized spacial score (nSPS) is 24.3. The molecule has 4 rings (SSSR count). The Hall–Kier alpha value is -1.85. The van der Waals surface area contributed by atoms with Gasteiger partial charge in [0, 0.05) is 43.5 Å². The van der Waals surface area contributed by atoms with Crippen LogP contribution in [0, 0.1) is 5.92 Å². The molecule has 2 aromatic heterocycles. The summed E-state index contributed by atoms with van der Waals surface area (Å²) in [6, 6.07) is 5.49. The Bertz CT molecular complexity index is 1110. The highest BCUT2D eigenvalue weighted by Crippen LogP contribution is 2.35. The van der Waals surface area contributed by atoms with Gasteiger partial charge in [0.2, 0.25) is 0 Å². The van der Waals surface area contributed by atoms with Crippen LogP contribution in [-0.2, 0) is 4.74 Å². The van der Waals surface area contributed by atoms with Gasteiger partial charge in [0.15, 0.2) is 6.10 Å². The number of aliphatic hydroxyl groups is 1. The first-order valence-corrected chi connectivity index (χ1v) is 14.1. The summed E-state index contributed by atoms with van der Waals surface area (Å²) in [6.07, 6.45) is -0.413. The van der Waals surface area contributed by atoms with Gasteiger partial charge in [-0.25, -0.2) is 9.97 Å². The number of pyridine rings is 2. The lowest BCUT2D eigenvalue weighted by Crippen LogP contribution is -2.44. The fourth-order valence-corrected chi connectivity index (χ4v) is 5.80. The van der Waals surface area contributed by atoms with E-state index < -0.39 is 18.8 Å². The molecule has 0 amide bonds. The maximum atomic E-state index is 12.5. The summed E-state index contributed by atoms with van der Waals surface area (Å²) < 4.78 is 43.4. The highest BCUT2D eigenvalue weighted by Gasteiger charge is 2.38. The van der Waals surface area contributed by atoms with Gasteiger partial charge in [-0.15, -0.1) is 0 Å². The van der Waals surface area contributed by atoms with Gasteiger partial charge in [-0.3, -0.25) is 0 Å². The molecule has 2 aromatic rings. The van der Waals surface area contributed by atoms with Crippen LogP contribution in [-0.4, -0.2) is 64.7 Å². The van der Waals surface area contributed by atoms with E-state index in [0.29, 0.717) is 46.1 Å². The molecule has 2 fully saturated rings. The van der Waals surface area contributed by atoms with Crippen LogP contribution < -0.4 is 16.0 Å². The molecule has 12 heteroatoms. The molecule has 0 radical (unpaired) electrons. The number of hydrogen-bond donors (Lipinski definition) is 4. The summed E-state index contributed by atoms with van der Waals surface area (Å²) in [6.45, 7) is 5.18. The van der Waals surface area contributed by atoms with Gasteiger partial charge < -0.3 is 25.8 Å². The number of anilines is 2. The van der Waals surface area contributed by atoms with Crippen LogP contribution in [0.3, 0.4) is 0 Å². The molecule has 0 spiro atoms. The van der Waals surface area contributed by atoms with Crippen molar-refractivity contribution in [3.63, 3.8) is 0 Å². The molecule has 1 saturated carbocycles. The lowest BCUT2D eigenvalue weighted by molar-refractivity contribution is -0.202. The van der Waals surface area contributed by atoms with Gasteiger partial charge in [0.1, 0.15) is 11.6 Å². The second-order valence-electron chi connectivity index (χ2n) is 11.1. The Labute approximate surface area is 237 Å². The third-order valence-electron chi connectivity index (χ3n) is 7.38. The van der Waals surface area contributed by atoms with Gasteiger partial charge >= 0.3 is 6.18 Å². The fourth-order valence-electron chi connectivity index (χ4n) is 5.27. The summed E-state index contributed by atoms with van der Waals surface area (Å²) in [4.78, 5) is 9.18. The van der Waals surface area contributed by atoms with Crippen LogP contribution in [0.1, 0.15) is 52.4 Å². The van der Waals surface area contributed by atoms with E-state index in [9.17, 15) is 18.3 Å². The lowest BCUT2D eigenvalue weighted by Gasteiger charge is -2.35. The first-order valence-electron chi connectivity index (χ1n) is 13.3. The van der Waals surface area contributed by atoms with Crippen molar-refractivity contribution < 1.29 is 23.0 Å². The molecule has 7 nitrogen and oxygen atoms in total. The minimum absolute atomic E-state index is 0.0606. The number of rotatable bonds is 9. The van der Waals surface area contributed by atoms with E-state index in [2.05, 4.69) is 34.8 Å². The van der Waals surface area contributed by atoms with Crippen LogP contribution in [0.25, 0.3) is 11.3 Å². The standard InChI is InChI=1S/C27H36Cl2F3N5O2/c1-26(2)13-16(8-10-39-26)14-35-25-21(29)12-20(28)24(37-25)17-7-9-33-23(11-17)36-19-5-3-18(4-6-19)34-15-22(38)27(30,31)32/h7,9,11-12,16,18-19,22,34,38H,3-6,8,10,13-15H2,1-2H3,(H,33,36)(H,35,37)/t16?,18?,19?,22-/m1/s1. The summed E-state index contributed by atoms with van der Waals surface area (Å²) in [5.74, 6) is 1.69. The van der Waals surface area contributed by atoms with Crippen molar-refractivity contribution in [2.75, 3.05) is 30.3 Å². The van der Waals surface area contributed by atoms with Gasteiger partial charge in [0.05, 0.1) is 21.3 Å². The van der Waals surface area contributed by atoms with E-state index >= 15 is 0 Å². The minimum atomic E-state index is -4.61. The van der Waals surface area contributed by atoms with Crippen LogP contribution in [0.15, 0.2) is 24.4 Å². The number of halogens is 5. The third-order valence-corrected chi connectivity index (χ3v) is 7.95. The smallest absolute Gasteiger partial charge is 0.382 e. The lowest BCUT2D eigenvalue weighted by atomic mass is 9.88. The Morgan fingerprint density at radius 3 is 2.51 bits per heavy atom. The Morgan fingerprint density at radius 1 is 1.10 bits per heavy atom. The molecular formula is C27H36Cl2F3N5O2. The molecular weight excluding hydrogens is 554 g/mol. The van der Waals surface area contributed by atoms with E-state index in [-0.39, 0.29) is 17.7 Å². The van der Waals surface area contributed by atoms with Crippen molar-refractivity contribution in [2.45, 2.75) is 82.3 Å². The fraction of sp³-hybridized carbons (Fsp3) is 0.630. The van der Waals surface area contributed by atoms with E-state index in [0.717, 1.165) is 44.4 Å². The van der Waals surface area contributed by atoms with E-state index in [4.69, 9.17) is 32.9 Å². The largest absolute Gasteiger partial charge is 0.415 e. The zero-order chi connectivity index (χ0) is 28.2. The highest BCUT2D eigenvalue weighted by molar-refractivity contribution is 6.37. The SMILES string of the molecule is CC1(C)CC(CNc2nc(-c3ccnc(NC4CCC(NC[C@@H](O)C(F)(F)F)CC4)c3)c(Cl)cc2Cl)CCO1. The highest BCUT2D eigenvalue weighted by atomic mass is 35.5. The molecule has 1 saturated heterocycles. The summed E-state index contributed by atoms with van der Waals surface area (Å²) in [7, 11) is 0. The van der Waals surface area contributed by atoms with Crippen molar-refractivity contribution >= 4 is 34.8 Å². The molecule has 1 unspecified atom stereocenters. The number of nitrogens with zero attached hydrogens (tertiary/aromatic N) is 2. The van der Waals surface area contributed by atoms with Gasteiger partial charge in [0.25, 0.3) is 0 Å². The van der Waals surface area contributed by atoms with Crippen molar-refractivity contribution in [3.8, 4) is 11.3 Å². The van der Waals surface area contributed by atoms with Gasteiger partial charge in [-0.05, 0) is 76.5 Å². The predicted octanol–water partition coefficient (Wildman–Crippen LogP) is 6.30. The maximum Gasteiger partial charge on any atom is 0.415 e. The molecule has 2 atom stereocenters. The average Bonchev–Trinajstić information content (AvgIpc) is 2.86. The zero-order valence-corrected chi connectivity index (χ0v) is 23.6. The first-order chi connectivity index (χ1) is 18.4. The van der Waals surface area contributed by atoms with Crippen LogP contribution >= 0.6 is 23.2 Å². The zero-order valence-electron chi connectivity index (χ0n) is 22.1. The molecule has 1 aliphatic carbocycles. The predicted molar refractivity (Wildman–Crippen MR) is 148 cm³/mol. The monoisotopic (exact) mass is 589 g/mol. The second-order valence-corrected chi connectivity index (χ2v) is 11.9. The van der Waals surface area contributed by atoms with Gasteiger partial charge in [-0.2, -0.15) is 13.2 Å². The Balaban J connectivity index is 1.35. The van der Waals surface area contributed by atoms with Crippen molar-refractivity contribution in [1.82, 2.24) is 15.3 Å². The summed E-state index contributed by atoms with van der Waals surface area (Å²) >= 11 is 13.0. The minimum Gasteiger partial charge on any atom is -0.382 e. The number of aliphatic hydroxyl groups excluding tert-OH is 1. The quantitative estimate of drug-likeness (QED) is 0.273. The van der Waals surface area contributed by atoms with Crippen molar-refractivity contribution in [3.05, 3.63) is 34.4 Å². The van der Waals surface area contributed by atoms with Crippen molar-refractivity contribution in [2.24, 2.45) is 5.92 Å². The molecule has 2 aliphatic rings. The molecule has 3 heterocycles. The molecule has 0 bridgehead atoms. The van der Waals surface area contributed by atoms with E-state index in [1.807, 2.05) is 12.1 Å². The third kappa shape index (κ3) is 8.57. The van der Waals surface area contributed by atoms with Gasteiger partial charge in [-0.1, -0.05) is 23.2 Å². The summed E-state index contributed by atoms with van der Waals surface area (Å²) in [5.41, 5.74) is 1.25. The Morgan fingerprint density at radius 2 is 1.82 bits per heavy atom. The maximum absolute atomic E-state index is 12.5. The van der Waals surface area contributed by atoms with Crippen LogP contribution in [0.4, 0.5) is 24.8 Å². The number of hydrogen-bond acceptors (Lipinski definition) is 7. The molecule has 1 aliphatic heterocycles. The summed E-state index contributed by atoms with van der Waals surface area (Å²) in [5, 5.41) is 19.8. The van der Waals surface area contributed by atoms with E-state index in [1.54, 1.807) is 12.3 Å².